The van der Waals surface area contributed by atoms with Gasteiger partial charge in [-0.2, -0.15) is 11.8 Å². The number of nitrogens with one attached hydrogen (secondary N) is 3. The Kier molecular flexibility index (Phi) is 7.59. The number of thioether (sulfide) groups is 1. The lowest BCUT2D eigenvalue weighted by molar-refractivity contribution is -0.130. The van der Waals surface area contributed by atoms with Crippen LogP contribution in [0, 0.1) is 0 Å². The first kappa shape index (κ1) is 18.8. The summed E-state index contributed by atoms with van der Waals surface area (Å²) in [5, 5.41) is 9.09. The molecule has 3 N–H and O–H groups in total. The van der Waals surface area contributed by atoms with Crippen LogP contribution in [0.3, 0.4) is 0 Å². The van der Waals surface area contributed by atoms with E-state index in [0.717, 1.165) is 12.2 Å². The fourth-order valence-electron chi connectivity index (χ4n) is 2.79. The van der Waals surface area contributed by atoms with Crippen molar-refractivity contribution < 1.29 is 9.59 Å². The minimum Gasteiger partial charge on any atom is -0.354 e. The Bertz CT molecular complexity index is 565. The topological polar surface area (TPSA) is 70.2 Å². The zero-order chi connectivity index (χ0) is 17.4. The number of carbonyl (C=O) groups excluding carboxylic acids is 2. The Morgan fingerprint density at radius 1 is 1.33 bits per heavy atom. The maximum atomic E-state index is 12.6. The molecule has 2 rings (SSSR count). The van der Waals surface area contributed by atoms with Crippen LogP contribution in [-0.4, -0.2) is 42.5 Å². The van der Waals surface area contributed by atoms with Crippen LogP contribution in [0.2, 0.25) is 0 Å². The summed E-state index contributed by atoms with van der Waals surface area (Å²) < 4.78 is 0. The van der Waals surface area contributed by atoms with E-state index in [1.54, 1.807) is 11.8 Å². The van der Waals surface area contributed by atoms with E-state index in [1.165, 1.54) is 11.1 Å². The lowest BCUT2D eigenvalue weighted by Gasteiger charge is -2.27. The van der Waals surface area contributed by atoms with Gasteiger partial charge in [-0.1, -0.05) is 31.2 Å². The molecule has 0 aromatic heterocycles. The van der Waals surface area contributed by atoms with E-state index in [1.807, 2.05) is 25.3 Å². The van der Waals surface area contributed by atoms with Crippen molar-refractivity contribution in [3.05, 3.63) is 35.4 Å². The molecule has 0 aliphatic carbocycles. The summed E-state index contributed by atoms with van der Waals surface area (Å²) in [6.45, 7) is 3.34. The summed E-state index contributed by atoms with van der Waals surface area (Å²) in [6, 6.07) is 7.41. The quantitative estimate of drug-likeness (QED) is 0.665. The predicted octanol–water partition coefficient (Wildman–Crippen LogP) is 1.47. The van der Waals surface area contributed by atoms with Crippen LogP contribution in [0.5, 0.6) is 0 Å². The van der Waals surface area contributed by atoms with Crippen molar-refractivity contribution in [3.8, 4) is 0 Å². The second kappa shape index (κ2) is 9.69. The fourth-order valence-corrected chi connectivity index (χ4v) is 3.26. The molecule has 1 aromatic rings. The van der Waals surface area contributed by atoms with Crippen molar-refractivity contribution in [2.45, 2.75) is 44.8 Å². The minimum absolute atomic E-state index is 0.0875. The number of carbonyl (C=O) groups is 2. The molecular formula is C18H27N3O2S. The van der Waals surface area contributed by atoms with Crippen LogP contribution in [-0.2, 0) is 22.6 Å². The summed E-state index contributed by atoms with van der Waals surface area (Å²) in [6.07, 6.45) is 4.19. The second-order valence-corrected chi connectivity index (χ2v) is 7.03. The van der Waals surface area contributed by atoms with Gasteiger partial charge in [0.1, 0.15) is 6.04 Å². The third-order valence-corrected chi connectivity index (χ3v) is 4.83. The Labute approximate surface area is 148 Å². The highest BCUT2D eigenvalue weighted by Crippen LogP contribution is 2.16. The van der Waals surface area contributed by atoms with Crippen molar-refractivity contribution >= 4 is 23.6 Å². The van der Waals surface area contributed by atoms with Gasteiger partial charge in [0.15, 0.2) is 0 Å². The molecule has 0 spiro atoms. The third kappa shape index (κ3) is 5.24. The first-order valence-electron chi connectivity index (χ1n) is 8.53. The summed E-state index contributed by atoms with van der Waals surface area (Å²) in [5.41, 5.74) is 2.44. The molecule has 2 amide bonds. The van der Waals surface area contributed by atoms with Crippen molar-refractivity contribution in [1.82, 2.24) is 16.0 Å². The van der Waals surface area contributed by atoms with E-state index in [-0.39, 0.29) is 17.9 Å². The molecule has 5 nitrogen and oxygen atoms in total. The maximum absolute atomic E-state index is 12.6. The molecule has 132 valence electrons. The first-order chi connectivity index (χ1) is 11.7. The van der Waals surface area contributed by atoms with Gasteiger partial charge in [-0.15, -0.1) is 0 Å². The van der Waals surface area contributed by atoms with Gasteiger partial charge in [0.2, 0.25) is 11.8 Å². The van der Waals surface area contributed by atoms with E-state index in [0.29, 0.717) is 25.9 Å². The summed E-state index contributed by atoms with van der Waals surface area (Å²) in [4.78, 5) is 24.9. The van der Waals surface area contributed by atoms with E-state index < -0.39 is 6.04 Å². The molecule has 1 aromatic carbocycles. The largest absolute Gasteiger partial charge is 0.354 e. The van der Waals surface area contributed by atoms with Crippen molar-refractivity contribution in [2.24, 2.45) is 0 Å². The summed E-state index contributed by atoms with van der Waals surface area (Å²) >= 11 is 1.68. The molecule has 1 heterocycles. The fraction of sp³-hybridized carbons (Fsp3) is 0.556. The first-order valence-corrected chi connectivity index (χ1v) is 9.92. The molecule has 0 fully saturated rings. The summed E-state index contributed by atoms with van der Waals surface area (Å²) in [7, 11) is 0. The Morgan fingerprint density at radius 3 is 2.79 bits per heavy atom. The lowest BCUT2D eigenvalue weighted by Crippen LogP contribution is -2.54. The number of amides is 2. The molecule has 0 saturated carbocycles. The Morgan fingerprint density at radius 2 is 2.08 bits per heavy atom. The van der Waals surface area contributed by atoms with Crippen LogP contribution in [0.15, 0.2) is 24.3 Å². The Hall–Kier alpha value is -1.53. The molecule has 24 heavy (non-hydrogen) atoms. The molecule has 2 atom stereocenters. The van der Waals surface area contributed by atoms with Gasteiger partial charge in [0, 0.05) is 13.1 Å². The van der Waals surface area contributed by atoms with E-state index in [4.69, 9.17) is 0 Å². The normalized spacial score (nSPS) is 17.7. The number of rotatable bonds is 8. The average Bonchev–Trinajstić information content (AvgIpc) is 2.62. The number of hydrogen-bond donors (Lipinski definition) is 3. The van der Waals surface area contributed by atoms with Gasteiger partial charge < -0.3 is 16.0 Å². The highest BCUT2D eigenvalue weighted by atomic mass is 32.2. The van der Waals surface area contributed by atoms with Gasteiger partial charge in [-0.25, -0.2) is 0 Å². The highest BCUT2D eigenvalue weighted by molar-refractivity contribution is 7.98. The van der Waals surface area contributed by atoms with Crippen molar-refractivity contribution in [2.75, 3.05) is 18.6 Å². The van der Waals surface area contributed by atoms with E-state index in [2.05, 4.69) is 28.1 Å². The van der Waals surface area contributed by atoms with Gasteiger partial charge in [0.05, 0.1) is 6.04 Å². The molecule has 1 aliphatic heterocycles. The van der Waals surface area contributed by atoms with Crippen LogP contribution in [0.4, 0.5) is 0 Å². The molecule has 0 bridgehead atoms. The van der Waals surface area contributed by atoms with Gasteiger partial charge in [-0.05, 0) is 42.4 Å². The lowest BCUT2D eigenvalue weighted by atomic mass is 9.95. The van der Waals surface area contributed by atoms with E-state index >= 15 is 0 Å². The Balaban J connectivity index is 1.95. The molecule has 0 saturated heterocycles. The van der Waals surface area contributed by atoms with Gasteiger partial charge in [0.25, 0.3) is 0 Å². The molecule has 0 radical (unpaired) electrons. The van der Waals surface area contributed by atoms with Crippen LogP contribution in [0.25, 0.3) is 0 Å². The number of benzene rings is 1. The van der Waals surface area contributed by atoms with Gasteiger partial charge in [-0.3, -0.25) is 9.59 Å². The SMILES string of the molecule is CCCNC(=O)[C@@H](CCSC)NC(=O)[C@H]1Cc2ccccc2CN1. The second-order valence-electron chi connectivity index (χ2n) is 6.04. The van der Waals surface area contributed by atoms with Crippen LogP contribution >= 0.6 is 11.8 Å². The molecular weight excluding hydrogens is 322 g/mol. The zero-order valence-corrected chi connectivity index (χ0v) is 15.2. The van der Waals surface area contributed by atoms with Crippen LogP contribution in [0.1, 0.15) is 30.9 Å². The van der Waals surface area contributed by atoms with Crippen LogP contribution < -0.4 is 16.0 Å². The summed E-state index contributed by atoms with van der Waals surface area (Å²) in [5.74, 6) is 0.656. The zero-order valence-electron chi connectivity index (χ0n) is 14.4. The smallest absolute Gasteiger partial charge is 0.242 e. The average molecular weight is 350 g/mol. The third-order valence-electron chi connectivity index (χ3n) is 4.19. The number of hydrogen-bond acceptors (Lipinski definition) is 4. The highest BCUT2D eigenvalue weighted by Gasteiger charge is 2.27. The molecule has 1 aliphatic rings. The maximum Gasteiger partial charge on any atom is 0.242 e. The predicted molar refractivity (Wildman–Crippen MR) is 99.0 cm³/mol. The minimum atomic E-state index is -0.463. The van der Waals surface area contributed by atoms with Gasteiger partial charge >= 0.3 is 0 Å². The monoisotopic (exact) mass is 349 g/mol. The molecule has 6 heteroatoms. The van der Waals surface area contributed by atoms with E-state index in [9.17, 15) is 9.59 Å². The van der Waals surface area contributed by atoms with Crippen molar-refractivity contribution in [1.29, 1.82) is 0 Å². The standard InChI is InChI=1S/C18H27N3O2S/c1-3-9-19-17(22)15(8-10-24-2)21-18(23)16-11-13-6-4-5-7-14(13)12-20-16/h4-7,15-16,20H,3,8-12H2,1-2H3,(H,19,22)(H,21,23)/t15-,16-/m1/s1. The van der Waals surface area contributed by atoms with Crippen molar-refractivity contribution in [3.63, 3.8) is 0 Å². The molecule has 0 unspecified atom stereocenters. The number of fused-ring (bicyclic) bond motifs is 1.